The molecule has 0 aromatic heterocycles. The van der Waals surface area contributed by atoms with Crippen molar-refractivity contribution in [2.24, 2.45) is 5.73 Å². The molecule has 2 N–H and O–H groups in total. The summed E-state index contributed by atoms with van der Waals surface area (Å²) in [5, 5.41) is 0. The number of amides is 2. The molecule has 1 aliphatic carbocycles. The first kappa shape index (κ1) is 17.0. The van der Waals surface area contributed by atoms with Gasteiger partial charge in [-0.05, 0) is 31.8 Å². The summed E-state index contributed by atoms with van der Waals surface area (Å²) in [5.41, 5.74) is 6.65. The van der Waals surface area contributed by atoms with Gasteiger partial charge >= 0.3 is 0 Å². The quantitative estimate of drug-likeness (QED) is 0.786. The Morgan fingerprint density at radius 3 is 2.64 bits per heavy atom. The van der Waals surface area contributed by atoms with E-state index in [1.165, 1.54) is 24.8 Å². The van der Waals surface area contributed by atoms with Gasteiger partial charge in [-0.2, -0.15) is 0 Å². The van der Waals surface area contributed by atoms with Crippen LogP contribution in [-0.4, -0.2) is 53.3 Å². The highest BCUT2D eigenvalue weighted by molar-refractivity contribution is 5.79. The van der Waals surface area contributed by atoms with E-state index in [0.717, 1.165) is 32.4 Å². The highest BCUT2D eigenvalue weighted by Crippen LogP contribution is 2.24. The zero-order valence-corrected chi connectivity index (χ0v) is 13.9. The van der Waals surface area contributed by atoms with Crippen LogP contribution in [0.15, 0.2) is 11.6 Å². The molecule has 2 amide bonds. The minimum absolute atomic E-state index is 0.160. The smallest absolute Gasteiger partial charge is 0.234 e. The molecule has 2 rings (SSSR count). The molecular weight excluding hydrogens is 278 g/mol. The molecule has 0 unspecified atom stereocenters. The summed E-state index contributed by atoms with van der Waals surface area (Å²) in [6, 6.07) is 0.139. The van der Waals surface area contributed by atoms with Crippen molar-refractivity contribution in [2.75, 3.05) is 19.6 Å². The fourth-order valence-electron chi connectivity index (χ4n) is 3.57. The lowest BCUT2D eigenvalue weighted by Crippen LogP contribution is -2.47. The Kier molecular flexibility index (Phi) is 6.00. The van der Waals surface area contributed by atoms with Crippen molar-refractivity contribution >= 4 is 11.8 Å². The molecule has 124 valence electrons. The summed E-state index contributed by atoms with van der Waals surface area (Å²) in [5.74, 6) is -0.121. The van der Waals surface area contributed by atoms with Crippen molar-refractivity contribution in [1.82, 2.24) is 9.80 Å². The van der Waals surface area contributed by atoms with Crippen LogP contribution in [0.3, 0.4) is 0 Å². The predicted molar refractivity (Wildman–Crippen MR) is 87.2 cm³/mol. The van der Waals surface area contributed by atoms with Crippen LogP contribution >= 0.6 is 0 Å². The Morgan fingerprint density at radius 2 is 2.05 bits per heavy atom. The van der Waals surface area contributed by atoms with E-state index in [0.29, 0.717) is 12.6 Å². The second-order valence-electron chi connectivity index (χ2n) is 6.64. The third-order valence-corrected chi connectivity index (χ3v) is 5.01. The molecule has 5 heteroatoms. The van der Waals surface area contributed by atoms with Gasteiger partial charge in [-0.3, -0.25) is 14.5 Å². The Morgan fingerprint density at radius 1 is 1.36 bits per heavy atom. The first-order valence-electron chi connectivity index (χ1n) is 8.47. The molecule has 1 saturated carbocycles. The van der Waals surface area contributed by atoms with Crippen LogP contribution < -0.4 is 5.73 Å². The maximum atomic E-state index is 12.1. The molecule has 2 aliphatic rings. The Bertz CT molecular complexity index is 441. The molecule has 1 atom stereocenters. The average molecular weight is 307 g/mol. The third kappa shape index (κ3) is 4.32. The second-order valence-corrected chi connectivity index (χ2v) is 6.64. The Balaban J connectivity index is 1.98. The number of hydrogen-bond acceptors (Lipinski definition) is 3. The van der Waals surface area contributed by atoms with E-state index < -0.39 is 0 Å². The van der Waals surface area contributed by atoms with Gasteiger partial charge in [-0.15, -0.1) is 0 Å². The van der Waals surface area contributed by atoms with E-state index in [2.05, 4.69) is 11.0 Å². The molecule has 0 aromatic carbocycles. The molecule has 0 bridgehead atoms. The zero-order chi connectivity index (χ0) is 16.1. The first-order chi connectivity index (χ1) is 10.5. The normalized spacial score (nSPS) is 22.0. The van der Waals surface area contributed by atoms with Crippen LogP contribution in [0.4, 0.5) is 0 Å². The van der Waals surface area contributed by atoms with Crippen molar-refractivity contribution in [3.05, 3.63) is 11.6 Å². The van der Waals surface area contributed by atoms with Gasteiger partial charge in [0.05, 0.1) is 6.04 Å². The molecule has 0 saturated heterocycles. The van der Waals surface area contributed by atoms with Crippen LogP contribution in [0.2, 0.25) is 0 Å². The Labute approximate surface area is 133 Å². The predicted octanol–water partition coefficient (Wildman–Crippen LogP) is 1.67. The highest BCUT2D eigenvalue weighted by Gasteiger charge is 2.27. The van der Waals surface area contributed by atoms with E-state index in [1.807, 2.05) is 11.8 Å². The lowest BCUT2D eigenvalue weighted by atomic mass is 9.93. The van der Waals surface area contributed by atoms with Gasteiger partial charge in [0.25, 0.3) is 0 Å². The standard InChI is InChI=1S/C17H29N3O2/c1-13(17(18)22)19-10-6-7-15(11-19)12-20(14(2)21)16-8-4-3-5-9-16/h7,13,16H,3-6,8-12H2,1-2H3,(H2,18,22)/t13-/m0/s1. The molecular formula is C17H29N3O2. The summed E-state index contributed by atoms with van der Waals surface area (Å²) >= 11 is 0. The molecule has 0 aromatic rings. The lowest BCUT2D eigenvalue weighted by Gasteiger charge is -2.37. The maximum absolute atomic E-state index is 12.1. The molecule has 5 nitrogen and oxygen atoms in total. The van der Waals surface area contributed by atoms with Gasteiger partial charge in [0.1, 0.15) is 0 Å². The number of rotatable bonds is 5. The molecule has 1 aliphatic heterocycles. The molecule has 0 radical (unpaired) electrons. The number of nitrogens with two attached hydrogens (primary N) is 1. The average Bonchev–Trinajstić information content (AvgIpc) is 2.52. The maximum Gasteiger partial charge on any atom is 0.234 e. The zero-order valence-electron chi connectivity index (χ0n) is 13.9. The fourth-order valence-corrected chi connectivity index (χ4v) is 3.57. The van der Waals surface area contributed by atoms with E-state index in [9.17, 15) is 9.59 Å². The van der Waals surface area contributed by atoms with Crippen molar-refractivity contribution in [3.63, 3.8) is 0 Å². The monoisotopic (exact) mass is 307 g/mol. The lowest BCUT2D eigenvalue weighted by molar-refractivity contribution is -0.131. The van der Waals surface area contributed by atoms with Crippen LogP contribution in [-0.2, 0) is 9.59 Å². The minimum atomic E-state index is -0.281. The van der Waals surface area contributed by atoms with Gasteiger partial charge in [0.2, 0.25) is 11.8 Å². The highest BCUT2D eigenvalue weighted by atomic mass is 16.2. The van der Waals surface area contributed by atoms with Crippen LogP contribution in [0.25, 0.3) is 0 Å². The summed E-state index contributed by atoms with van der Waals surface area (Å²) in [4.78, 5) is 27.6. The molecule has 0 spiro atoms. The minimum Gasteiger partial charge on any atom is -0.368 e. The van der Waals surface area contributed by atoms with Crippen molar-refractivity contribution in [2.45, 2.75) is 64.5 Å². The molecule has 1 heterocycles. The summed E-state index contributed by atoms with van der Waals surface area (Å²) in [6.07, 6.45) is 9.11. The summed E-state index contributed by atoms with van der Waals surface area (Å²) < 4.78 is 0. The van der Waals surface area contributed by atoms with Gasteiger partial charge in [0.15, 0.2) is 0 Å². The summed E-state index contributed by atoms with van der Waals surface area (Å²) in [6.45, 7) is 5.82. The second kappa shape index (κ2) is 7.77. The van der Waals surface area contributed by atoms with Gasteiger partial charge < -0.3 is 10.6 Å². The van der Waals surface area contributed by atoms with Gasteiger partial charge in [-0.25, -0.2) is 0 Å². The number of hydrogen-bond donors (Lipinski definition) is 1. The Hall–Kier alpha value is -1.36. The first-order valence-corrected chi connectivity index (χ1v) is 8.47. The van der Waals surface area contributed by atoms with E-state index in [1.54, 1.807) is 6.92 Å². The summed E-state index contributed by atoms with van der Waals surface area (Å²) in [7, 11) is 0. The van der Waals surface area contributed by atoms with E-state index in [-0.39, 0.29) is 17.9 Å². The van der Waals surface area contributed by atoms with Crippen LogP contribution in [0, 0.1) is 0 Å². The number of carbonyl (C=O) groups excluding carboxylic acids is 2. The molecule has 22 heavy (non-hydrogen) atoms. The van der Waals surface area contributed by atoms with Gasteiger partial charge in [-0.1, -0.05) is 25.3 Å². The molecule has 1 fully saturated rings. The SMILES string of the molecule is CC(=O)N(CC1=CCCN([C@@H](C)C(N)=O)C1)C1CCCCC1. The van der Waals surface area contributed by atoms with Crippen LogP contribution in [0.5, 0.6) is 0 Å². The van der Waals surface area contributed by atoms with Gasteiger partial charge in [0, 0.05) is 32.6 Å². The fraction of sp³-hybridized carbons (Fsp3) is 0.765. The van der Waals surface area contributed by atoms with Crippen molar-refractivity contribution < 1.29 is 9.59 Å². The number of nitrogens with zero attached hydrogens (tertiary/aromatic N) is 2. The number of primary amides is 1. The topological polar surface area (TPSA) is 66.6 Å². The third-order valence-electron chi connectivity index (χ3n) is 5.01. The number of carbonyl (C=O) groups is 2. The van der Waals surface area contributed by atoms with E-state index >= 15 is 0 Å². The van der Waals surface area contributed by atoms with Crippen molar-refractivity contribution in [3.8, 4) is 0 Å². The van der Waals surface area contributed by atoms with Crippen LogP contribution in [0.1, 0.15) is 52.4 Å². The van der Waals surface area contributed by atoms with Crippen molar-refractivity contribution in [1.29, 1.82) is 0 Å². The largest absolute Gasteiger partial charge is 0.368 e. The van der Waals surface area contributed by atoms with E-state index in [4.69, 9.17) is 5.73 Å².